The third kappa shape index (κ3) is 4.74. The molecule has 0 bridgehead atoms. The first kappa shape index (κ1) is 21.7. The molecule has 0 spiro atoms. The normalized spacial score (nSPS) is 22.1. The fourth-order valence-electron chi connectivity index (χ4n) is 5.12. The Morgan fingerprint density at radius 2 is 1.87 bits per heavy atom. The number of carboxylic acids is 1. The van der Waals surface area contributed by atoms with Gasteiger partial charge in [-0.15, -0.1) is 0 Å². The number of aliphatic carboxylic acids is 1. The molecule has 0 saturated heterocycles. The smallest absolute Gasteiger partial charge is 0.334 e. The van der Waals surface area contributed by atoms with Crippen LogP contribution in [0.4, 0.5) is 0 Å². The van der Waals surface area contributed by atoms with Gasteiger partial charge in [0.1, 0.15) is 0 Å². The molecule has 2 aliphatic rings. The molecule has 31 heavy (non-hydrogen) atoms. The van der Waals surface area contributed by atoms with E-state index in [-0.39, 0.29) is 18.2 Å². The number of nitrogens with zero attached hydrogens (tertiary/aromatic N) is 5. The van der Waals surface area contributed by atoms with Crippen LogP contribution in [0.15, 0.2) is 17.2 Å². The number of likely N-dealkylation sites (N-methyl/N-ethyl adjacent to an activating group) is 1. The monoisotopic (exact) mass is 427 g/mol. The van der Waals surface area contributed by atoms with Crippen molar-refractivity contribution in [3.05, 3.63) is 40.0 Å². The highest BCUT2D eigenvalue weighted by molar-refractivity contribution is 5.66. The van der Waals surface area contributed by atoms with Crippen molar-refractivity contribution >= 4 is 5.97 Å². The van der Waals surface area contributed by atoms with Gasteiger partial charge in [-0.25, -0.2) is 14.3 Å². The molecule has 168 valence electrons. The van der Waals surface area contributed by atoms with Crippen LogP contribution in [-0.2, 0) is 17.6 Å². The lowest BCUT2D eigenvalue weighted by atomic mass is 9.83. The Balaban J connectivity index is 1.51. The van der Waals surface area contributed by atoms with Crippen LogP contribution in [0, 0.1) is 12.8 Å². The SMILES string of the molecule is CCN1CCc2ncc(-n3cc(C)n(C4CCC(CCC(=O)O)CC4)c3=O)nc2CC1. The Morgan fingerprint density at radius 3 is 2.55 bits per heavy atom. The maximum absolute atomic E-state index is 13.3. The van der Waals surface area contributed by atoms with Crippen LogP contribution in [0.5, 0.6) is 0 Å². The van der Waals surface area contributed by atoms with Gasteiger partial charge in [0.2, 0.25) is 0 Å². The van der Waals surface area contributed by atoms with Crippen molar-refractivity contribution < 1.29 is 9.90 Å². The second-order valence-corrected chi connectivity index (χ2v) is 8.96. The summed E-state index contributed by atoms with van der Waals surface area (Å²) in [4.78, 5) is 36.0. The van der Waals surface area contributed by atoms with Crippen molar-refractivity contribution in [3.63, 3.8) is 0 Å². The summed E-state index contributed by atoms with van der Waals surface area (Å²) in [6, 6.07) is 0.168. The number of hydrogen-bond donors (Lipinski definition) is 1. The molecule has 3 heterocycles. The maximum atomic E-state index is 13.3. The van der Waals surface area contributed by atoms with Crippen LogP contribution >= 0.6 is 0 Å². The predicted molar refractivity (Wildman–Crippen MR) is 118 cm³/mol. The molecule has 1 aliphatic heterocycles. The van der Waals surface area contributed by atoms with Gasteiger partial charge >= 0.3 is 11.7 Å². The first-order valence-corrected chi connectivity index (χ1v) is 11.6. The molecule has 8 heteroatoms. The van der Waals surface area contributed by atoms with E-state index in [9.17, 15) is 9.59 Å². The fourth-order valence-corrected chi connectivity index (χ4v) is 5.12. The Morgan fingerprint density at radius 1 is 1.16 bits per heavy atom. The quantitative estimate of drug-likeness (QED) is 0.762. The molecule has 1 saturated carbocycles. The summed E-state index contributed by atoms with van der Waals surface area (Å²) < 4.78 is 3.54. The van der Waals surface area contributed by atoms with Crippen LogP contribution in [-0.4, -0.2) is 54.7 Å². The Hall–Kier alpha value is -2.48. The average Bonchev–Trinajstić information content (AvgIpc) is 2.94. The van der Waals surface area contributed by atoms with E-state index in [0.717, 1.165) is 81.7 Å². The van der Waals surface area contributed by atoms with Gasteiger partial charge in [0.25, 0.3) is 0 Å². The highest BCUT2D eigenvalue weighted by Crippen LogP contribution is 2.34. The Bertz CT molecular complexity index is 988. The molecule has 2 aromatic rings. The van der Waals surface area contributed by atoms with Gasteiger partial charge in [0.15, 0.2) is 5.82 Å². The molecule has 0 aromatic carbocycles. The standard InChI is InChI=1S/C23H33N5O3/c1-3-26-12-10-19-20(11-13-26)25-21(14-24-19)27-15-16(2)28(23(27)31)18-7-4-17(5-8-18)6-9-22(29)30/h14-15,17-18H,3-13H2,1-2H3,(H,29,30). The fraction of sp³-hybridized carbons (Fsp3) is 0.652. The predicted octanol–water partition coefficient (Wildman–Crippen LogP) is 2.75. The number of imidazole rings is 1. The zero-order valence-corrected chi connectivity index (χ0v) is 18.6. The van der Waals surface area contributed by atoms with E-state index in [1.807, 2.05) is 17.7 Å². The van der Waals surface area contributed by atoms with Crippen molar-refractivity contribution in [3.8, 4) is 5.82 Å². The van der Waals surface area contributed by atoms with E-state index < -0.39 is 5.97 Å². The second-order valence-electron chi connectivity index (χ2n) is 8.96. The van der Waals surface area contributed by atoms with E-state index in [1.54, 1.807) is 10.8 Å². The average molecular weight is 428 g/mol. The summed E-state index contributed by atoms with van der Waals surface area (Å²) >= 11 is 0. The summed E-state index contributed by atoms with van der Waals surface area (Å²) in [6.07, 6.45) is 10.1. The summed E-state index contributed by atoms with van der Waals surface area (Å²) in [6.45, 7) is 7.15. The molecular weight excluding hydrogens is 394 g/mol. The van der Waals surface area contributed by atoms with Crippen LogP contribution in [0.3, 0.4) is 0 Å². The van der Waals surface area contributed by atoms with E-state index >= 15 is 0 Å². The third-order valence-electron chi connectivity index (χ3n) is 7.00. The minimum Gasteiger partial charge on any atom is -0.481 e. The van der Waals surface area contributed by atoms with Gasteiger partial charge in [-0.1, -0.05) is 6.92 Å². The number of hydrogen-bond acceptors (Lipinski definition) is 5. The van der Waals surface area contributed by atoms with E-state index in [1.165, 1.54) is 0 Å². The molecule has 0 unspecified atom stereocenters. The molecule has 0 radical (unpaired) electrons. The van der Waals surface area contributed by atoms with Crippen LogP contribution in [0.2, 0.25) is 0 Å². The number of aryl methyl sites for hydroxylation is 1. The first-order valence-electron chi connectivity index (χ1n) is 11.6. The minimum atomic E-state index is -0.726. The van der Waals surface area contributed by atoms with E-state index in [2.05, 4.69) is 16.8 Å². The van der Waals surface area contributed by atoms with Crippen molar-refractivity contribution in [2.24, 2.45) is 5.92 Å². The van der Waals surface area contributed by atoms with Crippen molar-refractivity contribution in [1.82, 2.24) is 24.0 Å². The summed E-state index contributed by atoms with van der Waals surface area (Å²) in [5.74, 6) is 0.324. The van der Waals surface area contributed by atoms with Crippen molar-refractivity contribution in [2.75, 3.05) is 19.6 Å². The lowest BCUT2D eigenvalue weighted by Crippen LogP contribution is -2.30. The largest absolute Gasteiger partial charge is 0.481 e. The number of aromatic nitrogens is 4. The van der Waals surface area contributed by atoms with Gasteiger partial charge < -0.3 is 10.0 Å². The highest BCUT2D eigenvalue weighted by atomic mass is 16.4. The van der Waals surface area contributed by atoms with Gasteiger partial charge in [-0.2, -0.15) is 0 Å². The summed E-state index contributed by atoms with van der Waals surface area (Å²) in [5.41, 5.74) is 2.94. The van der Waals surface area contributed by atoms with E-state index in [4.69, 9.17) is 10.1 Å². The molecule has 1 N–H and O–H groups in total. The molecule has 0 amide bonds. The molecule has 8 nitrogen and oxygen atoms in total. The van der Waals surface area contributed by atoms with Gasteiger partial charge in [-0.3, -0.25) is 14.3 Å². The second kappa shape index (κ2) is 9.34. The van der Waals surface area contributed by atoms with Crippen LogP contribution in [0.1, 0.15) is 68.6 Å². The summed E-state index contributed by atoms with van der Waals surface area (Å²) in [5, 5.41) is 8.91. The van der Waals surface area contributed by atoms with Crippen LogP contribution < -0.4 is 5.69 Å². The Kier molecular flexibility index (Phi) is 6.55. The zero-order valence-electron chi connectivity index (χ0n) is 18.6. The first-order chi connectivity index (χ1) is 15.0. The highest BCUT2D eigenvalue weighted by Gasteiger charge is 2.26. The number of carboxylic acid groups (broad SMARTS) is 1. The van der Waals surface area contributed by atoms with Gasteiger partial charge in [0.05, 0.1) is 17.6 Å². The lowest BCUT2D eigenvalue weighted by Gasteiger charge is -2.29. The maximum Gasteiger partial charge on any atom is 0.334 e. The molecule has 0 atom stereocenters. The lowest BCUT2D eigenvalue weighted by molar-refractivity contribution is -0.137. The topological polar surface area (TPSA) is 93.3 Å². The minimum absolute atomic E-state index is 0.0513. The van der Waals surface area contributed by atoms with Gasteiger partial charge in [0, 0.05) is 50.3 Å². The molecule has 2 aromatic heterocycles. The Labute approximate surface area is 182 Å². The molecule has 4 rings (SSSR count). The molecule has 1 fully saturated rings. The van der Waals surface area contributed by atoms with Crippen molar-refractivity contribution in [2.45, 2.75) is 71.3 Å². The molecular formula is C23H33N5O3. The zero-order chi connectivity index (χ0) is 22.0. The van der Waals surface area contributed by atoms with E-state index in [0.29, 0.717) is 11.7 Å². The number of fused-ring (bicyclic) bond motifs is 1. The molecule has 1 aliphatic carbocycles. The van der Waals surface area contributed by atoms with Gasteiger partial charge in [-0.05, 0) is 51.5 Å². The number of rotatable bonds is 6. The number of carbonyl (C=O) groups is 1. The summed E-state index contributed by atoms with van der Waals surface area (Å²) in [7, 11) is 0. The third-order valence-corrected chi connectivity index (χ3v) is 7.00. The van der Waals surface area contributed by atoms with Crippen LogP contribution in [0.25, 0.3) is 5.82 Å². The van der Waals surface area contributed by atoms with Crippen molar-refractivity contribution in [1.29, 1.82) is 0 Å².